The van der Waals surface area contributed by atoms with E-state index in [-0.39, 0.29) is 27.3 Å². The molecular formula is C27H33N3O6S2. The minimum Gasteiger partial charge on any atom is -0.495 e. The molecule has 9 nitrogen and oxygen atoms in total. The molecule has 38 heavy (non-hydrogen) atoms. The molecule has 1 amide bonds. The zero-order valence-electron chi connectivity index (χ0n) is 22.3. The molecule has 0 aliphatic heterocycles. The van der Waals surface area contributed by atoms with Crippen LogP contribution in [0.2, 0.25) is 0 Å². The van der Waals surface area contributed by atoms with Crippen LogP contribution in [0, 0.1) is 20.8 Å². The van der Waals surface area contributed by atoms with Gasteiger partial charge in [0.05, 0.1) is 28.3 Å². The molecule has 0 aliphatic carbocycles. The van der Waals surface area contributed by atoms with E-state index in [0.29, 0.717) is 5.69 Å². The Kier molecular flexibility index (Phi) is 8.86. The van der Waals surface area contributed by atoms with Crippen LogP contribution in [0.5, 0.6) is 5.75 Å². The number of methoxy groups -OCH3 is 1. The first-order valence-electron chi connectivity index (χ1n) is 11.9. The predicted molar refractivity (Wildman–Crippen MR) is 149 cm³/mol. The van der Waals surface area contributed by atoms with Crippen molar-refractivity contribution in [2.45, 2.75) is 50.5 Å². The van der Waals surface area contributed by atoms with Crippen molar-refractivity contribution in [1.82, 2.24) is 4.72 Å². The number of carbonyl (C=O) groups excluding carboxylic acids is 1. The molecule has 2 N–H and O–H groups in total. The second-order valence-electron chi connectivity index (χ2n) is 9.28. The van der Waals surface area contributed by atoms with Gasteiger partial charge in [-0.25, -0.2) is 21.6 Å². The number of ether oxygens (including phenoxy) is 1. The fourth-order valence-electron chi connectivity index (χ4n) is 3.68. The van der Waals surface area contributed by atoms with Crippen molar-refractivity contribution >= 4 is 37.3 Å². The molecule has 0 unspecified atom stereocenters. The maximum atomic E-state index is 13.7. The van der Waals surface area contributed by atoms with Gasteiger partial charge in [0.1, 0.15) is 12.3 Å². The molecule has 3 aromatic carbocycles. The lowest BCUT2D eigenvalue weighted by molar-refractivity contribution is -0.114. The standard InChI is InChI=1S/C27H33N3O6S2/c1-18(2)29-37(32,33)24-13-14-26(36-6)25(16-24)28-27(31)17-30(22-10-9-20(4)21(5)15-22)38(34,35)23-11-7-19(3)8-12-23/h7-16,18,29H,17H2,1-6H3,(H,28,31). The normalized spacial score (nSPS) is 11.9. The van der Waals surface area contributed by atoms with Gasteiger partial charge in [0.25, 0.3) is 10.0 Å². The summed E-state index contributed by atoms with van der Waals surface area (Å²) in [6.45, 7) is 8.45. The van der Waals surface area contributed by atoms with Gasteiger partial charge < -0.3 is 10.1 Å². The molecule has 0 fully saturated rings. The quantitative estimate of drug-likeness (QED) is 0.385. The highest BCUT2D eigenvalue weighted by Crippen LogP contribution is 2.29. The van der Waals surface area contributed by atoms with E-state index in [1.165, 1.54) is 37.4 Å². The van der Waals surface area contributed by atoms with Crippen molar-refractivity contribution < 1.29 is 26.4 Å². The number of nitrogens with one attached hydrogen (secondary N) is 2. The fraction of sp³-hybridized carbons (Fsp3) is 0.296. The van der Waals surface area contributed by atoms with Gasteiger partial charge >= 0.3 is 0 Å². The van der Waals surface area contributed by atoms with Gasteiger partial charge in [-0.2, -0.15) is 0 Å². The van der Waals surface area contributed by atoms with Crippen molar-refractivity contribution in [2.75, 3.05) is 23.3 Å². The van der Waals surface area contributed by atoms with Crippen LogP contribution in [0.1, 0.15) is 30.5 Å². The third-order valence-electron chi connectivity index (χ3n) is 5.82. The maximum absolute atomic E-state index is 13.7. The van der Waals surface area contributed by atoms with Crippen LogP contribution in [0.15, 0.2) is 70.5 Å². The summed E-state index contributed by atoms with van der Waals surface area (Å²) >= 11 is 0. The lowest BCUT2D eigenvalue weighted by Crippen LogP contribution is -2.38. The zero-order chi connectivity index (χ0) is 28.3. The van der Waals surface area contributed by atoms with Crippen molar-refractivity contribution in [3.8, 4) is 5.75 Å². The summed E-state index contributed by atoms with van der Waals surface area (Å²) < 4.78 is 61.5. The van der Waals surface area contributed by atoms with E-state index in [9.17, 15) is 21.6 Å². The number of rotatable bonds is 10. The number of anilines is 2. The van der Waals surface area contributed by atoms with Gasteiger partial charge in [-0.15, -0.1) is 0 Å². The summed E-state index contributed by atoms with van der Waals surface area (Å²) in [5.74, 6) is -0.454. The molecule has 204 valence electrons. The van der Waals surface area contributed by atoms with Gasteiger partial charge in [0.15, 0.2) is 0 Å². The molecule has 0 heterocycles. The number of benzene rings is 3. The highest BCUT2D eigenvalue weighted by Gasteiger charge is 2.28. The maximum Gasteiger partial charge on any atom is 0.264 e. The smallest absolute Gasteiger partial charge is 0.264 e. The van der Waals surface area contributed by atoms with Crippen molar-refractivity contribution in [3.05, 3.63) is 77.4 Å². The van der Waals surface area contributed by atoms with Crippen molar-refractivity contribution in [1.29, 1.82) is 0 Å². The van der Waals surface area contributed by atoms with E-state index in [0.717, 1.165) is 21.0 Å². The second kappa shape index (κ2) is 11.5. The molecule has 0 saturated heterocycles. The van der Waals surface area contributed by atoms with Gasteiger partial charge in [-0.1, -0.05) is 23.8 Å². The molecule has 0 atom stereocenters. The summed E-state index contributed by atoms with van der Waals surface area (Å²) in [4.78, 5) is 13.2. The number of hydrogen-bond donors (Lipinski definition) is 2. The molecule has 3 aromatic rings. The average Bonchev–Trinajstić information content (AvgIpc) is 2.83. The first-order valence-corrected chi connectivity index (χ1v) is 14.8. The Labute approximate surface area is 224 Å². The van der Waals surface area contributed by atoms with Crippen LogP contribution in [-0.4, -0.2) is 42.4 Å². The van der Waals surface area contributed by atoms with Gasteiger partial charge in [-0.05, 0) is 88.2 Å². The second-order valence-corrected chi connectivity index (χ2v) is 12.9. The molecule has 0 spiro atoms. The highest BCUT2D eigenvalue weighted by atomic mass is 32.2. The van der Waals surface area contributed by atoms with E-state index in [1.807, 2.05) is 20.8 Å². The molecule has 0 aromatic heterocycles. The lowest BCUT2D eigenvalue weighted by atomic mass is 10.1. The number of hydrogen-bond acceptors (Lipinski definition) is 6. The van der Waals surface area contributed by atoms with Gasteiger partial charge in [-0.3, -0.25) is 9.10 Å². The minimum atomic E-state index is -4.11. The first kappa shape index (κ1) is 29.2. The Morgan fingerprint density at radius 1 is 0.868 bits per heavy atom. The monoisotopic (exact) mass is 559 g/mol. The molecular weight excluding hydrogens is 526 g/mol. The molecule has 0 bridgehead atoms. The van der Waals surface area contributed by atoms with Crippen LogP contribution >= 0.6 is 0 Å². The number of sulfonamides is 2. The topological polar surface area (TPSA) is 122 Å². The van der Waals surface area contributed by atoms with Crippen LogP contribution in [-0.2, 0) is 24.8 Å². The molecule has 0 radical (unpaired) electrons. The Hall–Kier alpha value is -3.41. The van der Waals surface area contributed by atoms with Crippen LogP contribution in [0.4, 0.5) is 11.4 Å². The molecule has 0 saturated carbocycles. The van der Waals surface area contributed by atoms with Gasteiger partial charge in [0, 0.05) is 6.04 Å². The van der Waals surface area contributed by atoms with Crippen LogP contribution in [0.25, 0.3) is 0 Å². The van der Waals surface area contributed by atoms with Crippen LogP contribution in [0.3, 0.4) is 0 Å². The average molecular weight is 560 g/mol. The van der Waals surface area contributed by atoms with E-state index >= 15 is 0 Å². The summed E-state index contributed by atoms with van der Waals surface area (Å²) in [5.41, 5.74) is 3.16. The lowest BCUT2D eigenvalue weighted by Gasteiger charge is -2.25. The number of aryl methyl sites for hydroxylation is 3. The summed E-state index contributed by atoms with van der Waals surface area (Å²) in [5, 5.41) is 2.62. The minimum absolute atomic E-state index is 0.0413. The summed E-state index contributed by atoms with van der Waals surface area (Å²) in [6.07, 6.45) is 0. The predicted octanol–water partition coefficient (Wildman–Crippen LogP) is 4.14. The Morgan fingerprint density at radius 3 is 2.08 bits per heavy atom. The molecule has 3 rings (SSSR count). The number of amides is 1. The zero-order valence-corrected chi connectivity index (χ0v) is 23.9. The van der Waals surface area contributed by atoms with E-state index < -0.39 is 32.5 Å². The number of nitrogens with zero attached hydrogens (tertiary/aromatic N) is 1. The third kappa shape index (κ3) is 6.72. The Bertz CT molecular complexity index is 1530. The SMILES string of the molecule is COc1ccc(S(=O)(=O)NC(C)C)cc1NC(=O)CN(c1ccc(C)c(C)c1)S(=O)(=O)c1ccc(C)cc1. The number of carbonyl (C=O) groups is 1. The third-order valence-corrected chi connectivity index (χ3v) is 9.27. The summed E-state index contributed by atoms with van der Waals surface area (Å²) in [7, 11) is -6.57. The van der Waals surface area contributed by atoms with Crippen molar-refractivity contribution in [2.24, 2.45) is 0 Å². The highest BCUT2D eigenvalue weighted by molar-refractivity contribution is 7.92. The Morgan fingerprint density at radius 2 is 1.50 bits per heavy atom. The van der Waals surface area contributed by atoms with Gasteiger partial charge in [0.2, 0.25) is 15.9 Å². The molecule has 11 heteroatoms. The van der Waals surface area contributed by atoms with E-state index in [4.69, 9.17) is 4.74 Å². The fourth-order valence-corrected chi connectivity index (χ4v) is 6.37. The molecule has 0 aliphatic rings. The van der Waals surface area contributed by atoms with Crippen molar-refractivity contribution in [3.63, 3.8) is 0 Å². The van der Waals surface area contributed by atoms with E-state index in [1.54, 1.807) is 44.2 Å². The van der Waals surface area contributed by atoms with Crippen LogP contribution < -0.4 is 19.1 Å². The summed E-state index contributed by atoms with van der Waals surface area (Å²) in [6, 6.07) is 15.2. The van der Waals surface area contributed by atoms with E-state index in [2.05, 4.69) is 10.0 Å². The Balaban J connectivity index is 2.00. The first-order chi connectivity index (χ1) is 17.7. The largest absolute Gasteiger partial charge is 0.495 e.